The van der Waals surface area contributed by atoms with Crippen molar-refractivity contribution in [3.8, 4) is 0 Å². The zero-order valence-electron chi connectivity index (χ0n) is 16.5. The molecule has 3 fully saturated rings. The SMILES string of the molecule is CCn1ccnc1CN(CCC(=O)N1CCOCC1)C1CC12CCNCC2. The van der Waals surface area contributed by atoms with Gasteiger partial charge in [-0.1, -0.05) is 0 Å². The summed E-state index contributed by atoms with van der Waals surface area (Å²) >= 11 is 0. The highest BCUT2D eigenvalue weighted by molar-refractivity contribution is 5.76. The minimum atomic E-state index is 0.266. The molecule has 1 unspecified atom stereocenters. The molecule has 1 aliphatic carbocycles. The number of amides is 1. The summed E-state index contributed by atoms with van der Waals surface area (Å²) in [7, 11) is 0. The number of ether oxygens (including phenoxy) is 1. The van der Waals surface area contributed by atoms with Crippen LogP contribution in [0.1, 0.15) is 38.4 Å². The Balaban J connectivity index is 1.40. The summed E-state index contributed by atoms with van der Waals surface area (Å²) in [6.07, 6.45) is 8.33. The number of morpholine rings is 1. The Kier molecular flexibility index (Phi) is 5.80. The van der Waals surface area contributed by atoms with Crippen molar-refractivity contribution in [3.63, 3.8) is 0 Å². The third kappa shape index (κ3) is 4.20. The van der Waals surface area contributed by atoms with Gasteiger partial charge < -0.3 is 19.5 Å². The molecule has 150 valence electrons. The van der Waals surface area contributed by atoms with Crippen molar-refractivity contribution in [2.45, 2.75) is 51.7 Å². The Morgan fingerprint density at radius 1 is 1.37 bits per heavy atom. The van der Waals surface area contributed by atoms with E-state index in [-0.39, 0.29) is 5.91 Å². The van der Waals surface area contributed by atoms with E-state index >= 15 is 0 Å². The van der Waals surface area contributed by atoms with Gasteiger partial charge in [0.1, 0.15) is 5.82 Å². The van der Waals surface area contributed by atoms with Gasteiger partial charge in [-0.15, -0.1) is 0 Å². The number of aromatic nitrogens is 2. The lowest BCUT2D eigenvalue weighted by molar-refractivity contribution is -0.135. The second-order valence-corrected chi connectivity index (χ2v) is 8.18. The molecule has 1 spiro atoms. The van der Waals surface area contributed by atoms with Gasteiger partial charge in [0.15, 0.2) is 0 Å². The number of hydrogen-bond donors (Lipinski definition) is 1. The van der Waals surface area contributed by atoms with Crippen LogP contribution in [0, 0.1) is 5.41 Å². The quantitative estimate of drug-likeness (QED) is 0.773. The molecule has 3 aliphatic rings. The van der Waals surface area contributed by atoms with E-state index in [0.29, 0.717) is 31.1 Å². The minimum absolute atomic E-state index is 0.266. The molecule has 1 amide bonds. The molecule has 1 aromatic heterocycles. The average Bonchev–Trinajstić information content (AvgIpc) is 3.20. The van der Waals surface area contributed by atoms with Gasteiger partial charge in [-0.05, 0) is 44.7 Å². The largest absolute Gasteiger partial charge is 0.378 e. The van der Waals surface area contributed by atoms with Gasteiger partial charge in [0.05, 0.1) is 19.8 Å². The van der Waals surface area contributed by atoms with Gasteiger partial charge in [-0.2, -0.15) is 0 Å². The normalized spacial score (nSPS) is 24.5. The van der Waals surface area contributed by atoms with Crippen LogP contribution in [0.25, 0.3) is 0 Å². The van der Waals surface area contributed by atoms with Crippen molar-refractivity contribution in [3.05, 3.63) is 18.2 Å². The predicted octanol–water partition coefficient (Wildman–Crippen LogP) is 1.10. The van der Waals surface area contributed by atoms with Crippen LogP contribution in [0.2, 0.25) is 0 Å². The fourth-order valence-corrected chi connectivity index (χ4v) is 4.82. The number of nitrogens with one attached hydrogen (secondary N) is 1. The zero-order chi connectivity index (χ0) is 18.7. The number of carbonyl (C=O) groups excluding carboxylic acids is 1. The number of hydrogen-bond acceptors (Lipinski definition) is 5. The molecule has 0 aromatic carbocycles. The van der Waals surface area contributed by atoms with Gasteiger partial charge >= 0.3 is 0 Å². The third-order valence-corrected chi connectivity index (χ3v) is 6.65. The van der Waals surface area contributed by atoms with Crippen LogP contribution >= 0.6 is 0 Å². The summed E-state index contributed by atoms with van der Waals surface area (Å²) in [5, 5.41) is 3.49. The van der Waals surface area contributed by atoms with Crippen LogP contribution in [-0.4, -0.2) is 77.2 Å². The maximum Gasteiger partial charge on any atom is 0.224 e. The van der Waals surface area contributed by atoms with Crippen molar-refractivity contribution >= 4 is 5.91 Å². The maximum absolute atomic E-state index is 12.7. The van der Waals surface area contributed by atoms with Crippen LogP contribution in [0.15, 0.2) is 12.4 Å². The van der Waals surface area contributed by atoms with Crippen molar-refractivity contribution < 1.29 is 9.53 Å². The number of imidazole rings is 1. The molecule has 1 atom stereocenters. The summed E-state index contributed by atoms with van der Waals surface area (Å²) in [6.45, 7) is 9.82. The second-order valence-electron chi connectivity index (χ2n) is 8.18. The molecule has 1 N–H and O–H groups in total. The molecule has 0 radical (unpaired) electrons. The lowest BCUT2D eigenvalue weighted by Crippen LogP contribution is -2.43. The van der Waals surface area contributed by atoms with Crippen LogP contribution in [0.5, 0.6) is 0 Å². The van der Waals surface area contributed by atoms with Crippen LogP contribution < -0.4 is 5.32 Å². The molecule has 1 aromatic rings. The first-order chi connectivity index (χ1) is 13.2. The van der Waals surface area contributed by atoms with Crippen molar-refractivity contribution in [2.75, 3.05) is 45.9 Å². The Morgan fingerprint density at radius 3 is 2.89 bits per heavy atom. The molecule has 0 bridgehead atoms. The van der Waals surface area contributed by atoms with Gasteiger partial charge in [0.2, 0.25) is 5.91 Å². The third-order valence-electron chi connectivity index (χ3n) is 6.65. The first-order valence-corrected chi connectivity index (χ1v) is 10.5. The molecule has 1 saturated carbocycles. The number of carbonyl (C=O) groups is 1. The summed E-state index contributed by atoms with van der Waals surface area (Å²) in [5.74, 6) is 1.38. The number of nitrogens with zero attached hydrogens (tertiary/aromatic N) is 4. The fraction of sp³-hybridized carbons (Fsp3) is 0.800. The van der Waals surface area contributed by atoms with Crippen LogP contribution in [0.4, 0.5) is 0 Å². The van der Waals surface area contributed by atoms with E-state index in [1.54, 1.807) is 0 Å². The monoisotopic (exact) mass is 375 g/mol. The van der Waals surface area contributed by atoms with Gasteiger partial charge in [-0.3, -0.25) is 9.69 Å². The Morgan fingerprint density at radius 2 is 2.15 bits per heavy atom. The molecular weight excluding hydrogens is 342 g/mol. The number of piperidine rings is 1. The Labute approximate surface area is 162 Å². The Hall–Kier alpha value is -1.44. The van der Waals surface area contributed by atoms with Crippen LogP contribution in [0.3, 0.4) is 0 Å². The molecule has 3 heterocycles. The van der Waals surface area contributed by atoms with E-state index in [9.17, 15) is 4.79 Å². The summed E-state index contributed by atoms with van der Waals surface area (Å²) < 4.78 is 7.59. The average molecular weight is 376 g/mol. The number of aryl methyl sites for hydroxylation is 1. The summed E-state index contributed by atoms with van der Waals surface area (Å²) in [4.78, 5) is 21.7. The molecular formula is C20H33N5O2. The first kappa shape index (κ1) is 18.9. The highest BCUT2D eigenvalue weighted by Crippen LogP contribution is 2.56. The van der Waals surface area contributed by atoms with E-state index in [1.807, 2.05) is 11.1 Å². The van der Waals surface area contributed by atoms with Gasteiger partial charge in [0.25, 0.3) is 0 Å². The summed E-state index contributed by atoms with van der Waals surface area (Å²) in [5.41, 5.74) is 0.469. The standard InChI is InChI=1S/C20H33N5O2/c1-2-23-10-8-22-18(23)16-25(17-15-20(17)4-6-21-7-5-20)9-3-19(26)24-11-13-27-14-12-24/h8,10,17,21H,2-7,9,11-16H2,1H3. The molecule has 27 heavy (non-hydrogen) atoms. The molecule has 7 nitrogen and oxygen atoms in total. The fourth-order valence-electron chi connectivity index (χ4n) is 4.82. The maximum atomic E-state index is 12.7. The van der Waals surface area contributed by atoms with E-state index in [0.717, 1.165) is 51.6 Å². The minimum Gasteiger partial charge on any atom is -0.378 e. The smallest absolute Gasteiger partial charge is 0.224 e. The first-order valence-electron chi connectivity index (χ1n) is 10.5. The van der Waals surface area contributed by atoms with Crippen molar-refractivity contribution in [1.82, 2.24) is 24.7 Å². The number of rotatable bonds is 7. The highest BCUT2D eigenvalue weighted by atomic mass is 16.5. The highest BCUT2D eigenvalue weighted by Gasteiger charge is 2.56. The lowest BCUT2D eigenvalue weighted by atomic mass is 9.93. The van der Waals surface area contributed by atoms with E-state index in [2.05, 4.69) is 32.9 Å². The molecule has 2 saturated heterocycles. The zero-order valence-corrected chi connectivity index (χ0v) is 16.5. The van der Waals surface area contributed by atoms with E-state index < -0.39 is 0 Å². The van der Waals surface area contributed by atoms with Crippen molar-refractivity contribution in [2.24, 2.45) is 5.41 Å². The van der Waals surface area contributed by atoms with Gasteiger partial charge in [0, 0.05) is 51.0 Å². The Bertz CT molecular complexity index is 634. The molecule has 2 aliphatic heterocycles. The second kappa shape index (κ2) is 8.29. The van der Waals surface area contributed by atoms with Crippen LogP contribution in [-0.2, 0) is 22.6 Å². The van der Waals surface area contributed by atoms with Gasteiger partial charge in [-0.25, -0.2) is 4.98 Å². The van der Waals surface area contributed by atoms with E-state index in [1.165, 1.54) is 19.3 Å². The van der Waals surface area contributed by atoms with Crippen molar-refractivity contribution in [1.29, 1.82) is 0 Å². The molecule has 4 rings (SSSR count). The summed E-state index contributed by atoms with van der Waals surface area (Å²) in [6, 6.07) is 0.596. The lowest BCUT2D eigenvalue weighted by Gasteiger charge is -2.31. The topological polar surface area (TPSA) is 62.6 Å². The predicted molar refractivity (Wildman–Crippen MR) is 103 cm³/mol. The van der Waals surface area contributed by atoms with E-state index in [4.69, 9.17) is 4.74 Å². The molecule has 7 heteroatoms.